The fourth-order valence-electron chi connectivity index (χ4n) is 2.66. The van der Waals surface area contributed by atoms with Crippen LogP contribution in [-0.4, -0.2) is 11.0 Å². The number of benzene rings is 1. The molecule has 116 valence electrons. The van der Waals surface area contributed by atoms with E-state index in [0.717, 1.165) is 34.7 Å². The van der Waals surface area contributed by atoms with E-state index in [2.05, 4.69) is 10.4 Å². The van der Waals surface area contributed by atoms with Gasteiger partial charge in [0.2, 0.25) is 0 Å². The molecular formula is C18H15NO2S2. The maximum Gasteiger partial charge on any atom is 0.316 e. The van der Waals surface area contributed by atoms with Crippen molar-refractivity contribution in [2.24, 2.45) is 0 Å². The molecule has 0 N–H and O–H groups in total. The van der Waals surface area contributed by atoms with Crippen LogP contribution in [0.5, 0.6) is 0 Å². The number of carbonyl (C=O) groups excluding carboxylic acids is 1. The second-order valence-corrected chi connectivity index (χ2v) is 7.32. The second-order valence-electron chi connectivity index (χ2n) is 5.68. The Labute approximate surface area is 142 Å². The summed E-state index contributed by atoms with van der Waals surface area (Å²) >= 11 is 3.24. The summed E-state index contributed by atoms with van der Waals surface area (Å²) in [6.45, 7) is 0.244. The molecule has 0 saturated heterocycles. The summed E-state index contributed by atoms with van der Waals surface area (Å²) in [6.07, 6.45) is 1.74. The Morgan fingerprint density at radius 3 is 2.70 bits per heavy atom. The minimum atomic E-state index is -0.423. The monoisotopic (exact) mass is 341 g/mol. The molecule has 1 aliphatic carbocycles. The van der Waals surface area contributed by atoms with Crippen LogP contribution in [0.2, 0.25) is 0 Å². The number of thiophene rings is 1. The molecule has 0 radical (unpaired) electrons. The van der Waals surface area contributed by atoms with Crippen LogP contribution in [0.1, 0.15) is 24.1 Å². The average Bonchev–Trinajstić information content (AvgIpc) is 3.00. The van der Waals surface area contributed by atoms with Crippen molar-refractivity contribution in [2.75, 3.05) is 0 Å². The molecule has 2 aromatic heterocycles. The van der Waals surface area contributed by atoms with Gasteiger partial charge in [0, 0.05) is 16.3 Å². The molecule has 23 heavy (non-hydrogen) atoms. The van der Waals surface area contributed by atoms with Gasteiger partial charge in [-0.15, -0.1) is 11.3 Å². The molecule has 1 aromatic carbocycles. The summed E-state index contributed by atoms with van der Waals surface area (Å²) < 4.78 is 5.55. The molecular weight excluding hydrogens is 326 g/mol. The first kappa shape index (κ1) is 14.6. The van der Waals surface area contributed by atoms with Gasteiger partial charge in [0.1, 0.15) is 11.6 Å². The predicted molar refractivity (Wildman–Crippen MR) is 92.6 cm³/mol. The van der Waals surface area contributed by atoms with Gasteiger partial charge < -0.3 is 4.74 Å². The largest absolute Gasteiger partial charge is 0.458 e. The lowest BCUT2D eigenvalue weighted by Gasteiger charge is -2.14. The van der Waals surface area contributed by atoms with Crippen molar-refractivity contribution in [2.45, 2.75) is 24.9 Å². The molecule has 5 heteroatoms. The van der Waals surface area contributed by atoms with E-state index in [-0.39, 0.29) is 12.6 Å². The van der Waals surface area contributed by atoms with Gasteiger partial charge in [-0.2, -0.15) is 11.3 Å². The van der Waals surface area contributed by atoms with Gasteiger partial charge in [0.15, 0.2) is 0 Å². The molecule has 0 aliphatic heterocycles. The zero-order valence-electron chi connectivity index (χ0n) is 12.4. The maximum absolute atomic E-state index is 12.5. The summed E-state index contributed by atoms with van der Waals surface area (Å²) in [5.41, 5.74) is 2.57. The number of hydrogen-bond acceptors (Lipinski definition) is 5. The third kappa shape index (κ3) is 2.82. The summed E-state index contributed by atoms with van der Waals surface area (Å²) in [6, 6.07) is 12.0. The smallest absolute Gasteiger partial charge is 0.316 e. The highest BCUT2D eigenvalue weighted by Crippen LogP contribution is 2.49. The van der Waals surface area contributed by atoms with Gasteiger partial charge >= 0.3 is 5.97 Å². The van der Waals surface area contributed by atoms with Crippen molar-refractivity contribution in [3.63, 3.8) is 0 Å². The Morgan fingerprint density at radius 2 is 2.00 bits per heavy atom. The molecule has 4 rings (SSSR count). The first-order chi connectivity index (χ1) is 11.3. The van der Waals surface area contributed by atoms with E-state index in [0.29, 0.717) is 0 Å². The third-order valence-electron chi connectivity index (χ3n) is 4.14. The highest BCUT2D eigenvalue weighted by molar-refractivity contribution is 7.14. The van der Waals surface area contributed by atoms with Crippen molar-refractivity contribution in [1.29, 1.82) is 0 Å². The van der Waals surface area contributed by atoms with E-state index in [9.17, 15) is 4.79 Å². The van der Waals surface area contributed by atoms with Crippen LogP contribution >= 0.6 is 22.7 Å². The lowest BCUT2D eigenvalue weighted by Crippen LogP contribution is -2.23. The number of hydrogen-bond donors (Lipinski definition) is 0. The standard InChI is InChI=1S/C18H15NO2S2/c20-17(18(7-8-18)14-4-2-1-3-5-14)21-10-15-12-23-16(19-15)13-6-9-22-11-13/h1-6,9,11-12H,7-8,10H2. The van der Waals surface area contributed by atoms with E-state index < -0.39 is 5.41 Å². The maximum atomic E-state index is 12.5. The molecule has 1 saturated carbocycles. The number of esters is 1. The molecule has 0 amide bonds. The van der Waals surface area contributed by atoms with Gasteiger partial charge in [-0.05, 0) is 29.9 Å². The minimum absolute atomic E-state index is 0.131. The van der Waals surface area contributed by atoms with Gasteiger partial charge in [-0.25, -0.2) is 4.98 Å². The summed E-state index contributed by atoms with van der Waals surface area (Å²) in [5.74, 6) is -0.131. The third-order valence-corrected chi connectivity index (χ3v) is 5.76. The molecule has 2 heterocycles. The molecule has 0 atom stereocenters. The normalized spacial score (nSPS) is 15.3. The SMILES string of the molecule is O=C(OCc1csc(-c2ccsc2)n1)C1(c2ccccc2)CC1. The predicted octanol–water partition coefficient (Wildman–Crippen LogP) is 4.65. The van der Waals surface area contributed by atoms with Crippen molar-refractivity contribution in [1.82, 2.24) is 4.98 Å². The summed E-state index contributed by atoms with van der Waals surface area (Å²) in [4.78, 5) is 17.0. The summed E-state index contributed by atoms with van der Waals surface area (Å²) in [7, 11) is 0. The van der Waals surface area contributed by atoms with Crippen LogP contribution < -0.4 is 0 Å². The van der Waals surface area contributed by atoms with Crippen molar-refractivity contribution >= 4 is 28.6 Å². The van der Waals surface area contributed by atoms with Crippen molar-refractivity contribution < 1.29 is 9.53 Å². The molecule has 1 fully saturated rings. The van der Waals surface area contributed by atoms with Crippen LogP contribution in [0, 0.1) is 0 Å². The van der Waals surface area contributed by atoms with Crippen molar-refractivity contribution in [3.8, 4) is 10.6 Å². The Morgan fingerprint density at radius 1 is 1.17 bits per heavy atom. The first-order valence-corrected chi connectivity index (χ1v) is 9.30. The Bertz CT molecular complexity index is 805. The first-order valence-electron chi connectivity index (χ1n) is 7.48. The number of ether oxygens (including phenoxy) is 1. The quantitative estimate of drug-likeness (QED) is 0.634. The highest BCUT2D eigenvalue weighted by atomic mass is 32.1. The lowest BCUT2D eigenvalue weighted by molar-refractivity contribution is -0.148. The Kier molecular flexibility index (Phi) is 3.75. The van der Waals surface area contributed by atoms with Crippen LogP contribution in [0.25, 0.3) is 10.6 Å². The fraction of sp³-hybridized carbons (Fsp3) is 0.222. The lowest BCUT2D eigenvalue weighted by atomic mass is 9.96. The van der Waals surface area contributed by atoms with Gasteiger partial charge in [-0.1, -0.05) is 30.3 Å². The van der Waals surface area contributed by atoms with Crippen LogP contribution in [-0.2, 0) is 21.6 Å². The molecule has 1 aliphatic rings. The molecule has 0 spiro atoms. The van der Waals surface area contributed by atoms with Gasteiger partial charge in [0.25, 0.3) is 0 Å². The van der Waals surface area contributed by atoms with Gasteiger partial charge in [0.05, 0.1) is 11.1 Å². The number of nitrogens with zero attached hydrogens (tertiary/aromatic N) is 1. The Balaban J connectivity index is 1.43. The zero-order chi connectivity index (χ0) is 15.7. The van der Waals surface area contributed by atoms with Crippen LogP contribution in [0.4, 0.5) is 0 Å². The number of carbonyl (C=O) groups is 1. The zero-order valence-corrected chi connectivity index (χ0v) is 14.0. The average molecular weight is 341 g/mol. The van der Waals surface area contributed by atoms with E-state index >= 15 is 0 Å². The van der Waals surface area contributed by atoms with Gasteiger partial charge in [-0.3, -0.25) is 4.79 Å². The van der Waals surface area contributed by atoms with E-state index in [1.165, 1.54) is 0 Å². The minimum Gasteiger partial charge on any atom is -0.458 e. The van der Waals surface area contributed by atoms with Crippen molar-refractivity contribution in [3.05, 3.63) is 63.8 Å². The summed E-state index contributed by atoms with van der Waals surface area (Å²) in [5, 5.41) is 7.04. The topological polar surface area (TPSA) is 39.2 Å². The van der Waals surface area contributed by atoms with Crippen LogP contribution in [0.3, 0.4) is 0 Å². The van der Waals surface area contributed by atoms with E-state index in [1.807, 2.05) is 47.2 Å². The number of thiazole rings is 1. The molecule has 3 nitrogen and oxygen atoms in total. The molecule has 0 unspecified atom stereocenters. The molecule has 3 aromatic rings. The number of rotatable bonds is 5. The second kappa shape index (κ2) is 5.91. The Hall–Kier alpha value is -1.98. The highest BCUT2D eigenvalue weighted by Gasteiger charge is 2.52. The van der Waals surface area contributed by atoms with Crippen LogP contribution in [0.15, 0.2) is 52.5 Å². The fourth-order valence-corrected chi connectivity index (χ4v) is 4.18. The van der Waals surface area contributed by atoms with E-state index in [4.69, 9.17) is 4.74 Å². The number of aromatic nitrogens is 1. The molecule has 0 bridgehead atoms. The van der Waals surface area contributed by atoms with E-state index in [1.54, 1.807) is 22.7 Å².